The molecular weight excluding hydrogens is 269 g/mol. The van der Waals surface area contributed by atoms with E-state index < -0.39 is 11.7 Å². The average Bonchev–Trinajstić information content (AvgIpc) is 2.62. The largest absolute Gasteiger partial charge is 0.416 e. The van der Waals surface area contributed by atoms with Crippen molar-refractivity contribution in [2.75, 3.05) is 0 Å². The third kappa shape index (κ3) is 2.73. The SMILES string of the molecule is CC1OC(C)C(C(=O)c2ccc(C(F)(F)F)cc2)C1C. The van der Waals surface area contributed by atoms with Gasteiger partial charge in [0.15, 0.2) is 5.78 Å². The van der Waals surface area contributed by atoms with Gasteiger partial charge in [-0.3, -0.25) is 4.79 Å². The molecule has 0 radical (unpaired) electrons. The Morgan fingerprint density at radius 2 is 1.60 bits per heavy atom. The monoisotopic (exact) mass is 286 g/mol. The highest BCUT2D eigenvalue weighted by Crippen LogP contribution is 2.35. The number of carbonyl (C=O) groups is 1. The Balaban J connectivity index is 2.22. The van der Waals surface area contributed by atoms with E-state index in [9.17, 15) is 18.0 Å². The molecule has 1 heterocycles. The van der Waals surface area contributed by atoms with E-state index in [1.807, 2.05) is 20.8 Å². The molecule has 1 aromatic rings. The highest BCUT2D eigenvalue weighted by molar-refractivity contribution is 5.98. The van der Waals surface area contributed by atoms with Crippen molar-refractivity contribution < 1.29 is 22.7 Å². The van der Waals surface area contributed by atoms with Crippen LogP contribution in [0.2, 0.25) is 0 Å². The zero-order chi connectivity index (χ0) is 15.1. The van der Waals surface area contributed by atoms with E-state index in [-0.39, 0.29) is 29.8 Å². The van der Waals surface area contributed by atoms with Gasteiger partial charge in [-0.15, -0.1) is 0 Å². The molecule has 1 aliphatic rings. The van der Waals surface area contributed by atoms with Crippen molar-refractivity contribution in [1.29, 1.82) is 0 Å². The summed E-state index contributed by atoms with van der Waals surface area (Å²) in [6.45, 7) is 5.66. The molecule has 1 fully saturated rings. The molecule has 1 aliphatic heterocycles. The highest BCUT2D eigenvalue weighted by atomic mass is 19.4. The summed E-state index contributed by atoms with van der Waals surface area (Å²) in [5, 5.41) is 0. The lowest BCUT2D eigenvalue weighted by molar-refractivity contribution is -0.137. The maximum absolute atomic E-state index is 12.5. The maximum atomic E-state index is 12.5. The van der Waals surface area contributed by atoms with Gasteiger partial charge in [0.25, 0.3) is 0 Å². The van der Waals surface area contributed by atoms with E-state index in [1.165, 1.54) is 12.1 Å². The predicted octanol–water partition coefficient (Wildman–Crippen LogP) is 3.95. The van der Waals surface area contributed by atoms with Crippen LogP contribution in [0.15, 0.2) is 24.3 Å². The van der Waals surface area contributed by atoms with E-state index in [0.717, 1.165) is 12.1 Å². The summed E-state index contributed by atoms with van der Waals surface area (Å²) in [6.07, 6.45) is -4.61. The van der Waals surface area contributed by atoms with Gasteiger partial charge in [0.05, 0.1) is 23.7 Å². The second-order valence-electron chi connectivity index (χ2n) is 5.37. The van der Waals surface area contributed by atoms with Crippen LogP contribution in [0.3, 0.4) is 0 Å². The van der Waals surface area contributed by atoms with Crippen molar-refractivity contribution in [3.05, 3.63) is 35.4 Å². The molecule has 1 saturated heterocycles. The number of alkyl halides is 3. The van der Waals surface area contributed by atoms with E-state index in [2.05, 4.69) is 0 Å². The second kappa shape index (κ2) is 5.20. The first-order valence-electron chi connectivity index (χ1n) is 6.58. The molecule has 5 heteroatoms. The summed E-state index contributed by atoms with van der Waals surface area (Å²) in [4.78, 5) is 12.4. The highest BCUT2D eigenvalue weighted by Gasteiger charge is 2.41. The molecule has 0 saturated carbocycles. The quantitative estimate of drug-likeness (QED) is 0.770. The van der Waals surface area contributed by atoms with Crippen molar-refractivity contribution in [2.24, 2.45) is 11.8 Å². The summed E-state index contributed by atoms with van der Waals surface area (Å²) < 4.78 is 43.1. The van der Waals surface area contributed by atoms with Crippen LogP contribution in [-0.2, 0) is 10.9 Å². The van der Waals surface area contributed by atoms with E-state index in [1.54, 1.807) is 0 Å². The smallest absolute Gasteiger partial charge is 0.374 e. The number of ether oxygens (including phenoxy) is 1. The Bertz CT molecular complexity index is 493. The molecule has 4 atom stereocenters. The minimum atomic E-state index is -4.38. The van der Waals surface area contributed by atoms with Crippen molar-refractivity contribution in [3.63, 3.8) is 0 Å². The molecule has 0 amide bonds. The second-order valence-corrected chi connectivity index (χ2v) is 5.37. The molecule has 0 aliphatic carbocycles. The van der Waals surface area contributed by atoms with Gasteiger partial charge in [-0.1, -0.05) is 19.1 Å². The average molecular weight is 286 g/mol. The fourth-order valence-electron chi connectivity index (χ4n) is 2.73. The summed E-state index contributed by atoms with van der Waals surface area (Å²) in [7, 11) is 0. The third-order valence-corrected chi connectivity index (χ3v) is 4.04. The number of benzene rings is 1. The van der Waals surface area contributed by atoms with Gasteiger partial charge in [-0.25, -0.2) is 0 Å². The minimum absolute atomic E-state index is 0.0200. The predicted molar refractivity (Wildman–Crippen MR) is 68.4 cm³/mol. The zero-order valence-electron chi connectivity index (χ0n) is 11.6. The number of halogens is 3. The van der Waals surface area contributed by atoms with Crippen LogP contribution in [0.25, 0.3) is 0 Å². The lowest BCUT2D eigenvalue weighted by atomic mass is 9.83. The van der Waals surface area contributed by atoms with E-state index >= 15 is 0 Å². The Hall–Kier alpha value is -1.36. The lowest BCUT2D eigenvalue weighted by Gasteiger charge is -2.17. The van der Waals surface area contributed by atoms with Gasteiger partial charge in [0.2, 0.25) is 0 Å². The first kappa shape index (κ1) is 15.0. The van der Waals surface area contributed by atoms with Crippen molar-refractivity contribution in [1.82, 2.24) is 0 Å². The Kier molecular flexibility index (Phi) is 3.91. The van der Waals surface area contributed by atoms with Gasteiger partial charge in [-0.2, -0.15) is 13.2 Å². The summed E-state index contributed by atoms with van der Waals surface area (Å²) >= 11 is 0. The molecule has 1 aromatic carbocycles. The van der Waals surface area contributed by atoms with Crippen LogP contribution >= 0.6 is 0 Å². The number of hydrogen-bond donors (Lipinski definition) is 0. The number of carbonyl (C=O) groups excluding carboxylic acids is 1. The number of rotatable bonds is 2. The molecule has 4 unspecified atom stereocenters. The zero-order valence-corrected chi connectivity index (χ0v) is 11.6. The number of hydrogen-bond acceptors (Lipinski definition) is 2. The van der Waals surface area contributed by atoms with E-state index in [0.29, 0.717) is 5.56 Å². The number of Topliss-reactive ketones (excluding diaryl/α,β-unsaturated/α-hetero) is 1. The van der Waals surface area contributed by atoms with Gasteiger partial charge in [0, 0.05) is 5.56 Å². The summed E-state index contributed by atoms with van der Waals surface area (Å²) in [5.41, 5.74) is -0.439. The Morgan fingerprint density at radius 3 is 2.00 bits per heavy atom. The topological polar surface area (TPSA) is 26.3 Å². The fourth-order valence-corrected chi connectivity index (χ4v) is 2.73. The lowest BCUT2D eigenvalue weighted by Crippen LogP contribution is -2.26. The molecule has 110 valence electrons. The first-order chi connectivity index (χ1) is 9.21. The van der Waals surface area contributed by atoms with Crippen LogP contribution in [0.1, 0.15) is 36.7 Å². The van der Waals surface area contributed by atoms with Gasteiger partial charge < -0.3 is 4.74 Å². The Labute approximate surface area is 115 Å². The minimum Gasteiger partial charge on any atom is -0.374 e. The molecule has 0 aromatic heterocycles. The normalized spacial score (nSPS) is 30.5. The van der Waals surface area contributed by atoms with Crippen LogP contribution in [-0.4, -0.2) is 18.0 Å². The third-order valence-electron chi connectivity index (χ3n) is 4.04. The van der Waals surface area contributed by atoms with Gasteiger partial charge in [0.1, 0.15) is 0 Å². The van der Waals surface area contributed by atoms with E-state index in [4.69, 9.17) is 4.74 Å². The molecule has 0 N–H and O–H groups in total. The number of ketones is 1. The molecule has 2 nitrogen and oxygen atoms in total. The van der Waals surface area contributed by atoms with Gasteiger partial charge in [-0.05, 0) is 31.9 Å². The van der Waals surface area contributed by atoms with Crippen molar-refractivity contribution in [2.45, 2.75) is 39.2 Å². The molecule has 0 spiro atoms. The first-order valence-corrected chi connectivity index (χ1v) is 6.58. The molecule has 0 bridgehead atoms. The van der Waals surface area contributed by atoms with Crippen LogP contribution in [0.4, 0.5) is 13.2 Å². The standard InChI is InChI=1S/C15H17F3O2/c1-8-9(2)20-10(3)13(8)14(19)11-4-6-12(7-5-11)15(16,17)18/h4-10,13H,1-3H3. The maximum Gasteiger partial charge on any atom is 0.416 e. The van der Waals surface area contributed by atoms with Crippen LogP contribution < -0.4 is 0 Å². The van der Waals surface area contributed by atoms with Crippen LogP contribution in [0, 0.1) is 11.8 Å². The Morgan fingerprint density at radius 1 is 1.05 bits per heavy atom. The van der Waals surface area contributed by atoms with Crippen LogP contribution in [0.5, 0.6) is 0 Å². The summed E-state index contributed by atoms with van der Waals surface area (Å²) in [6, 6.07) is 4.38. The van der Waals surface area contributed by atoms with Crippen molar-refractivity contribution >= 4 is 5.78 Å². The molecule has 2 rings (SSSR count). The molecule has 20 heavy (non-hydrogen) atoms. The van der Waals surface area contributed by atoms with Gasteiger partial charge >= 0.3 is 6.18 Å². The summed E-state index contributed by atoms with van der Waals surface area (Å²) in [5.74, 6) is -0.399. The molecular formula is C15H17F3O2. The fraction of sp³-hybridized carbons (Fsp3) is 0.533. The van der Waals surface area contributed by atoms with Crippen molar-refractivity contribution in [3.8, 4) is 0 Å².